The first kappa shape index (κ1) is 12.6. The lowest BCUT2D eigenvalue weighted by atomic mass is 9.97. The van der Waals surface area contributed by atoms with Gasteiger partial charge in [0, 0.05) is 12.2 Å². The molecule has 3 atom stereocenters. The van der Waals surface area contributed by atoms with Crippen molar-refractivity contribution in [2.75, 3.05) is 0 Å². The Labute approximate surface area is 110 Å². The molecule has 17 heavy (non-hydrogen) atoms. The number of carbonyl (C=O) groups is 1. The van der Waals surface area contributed by atoms with Gasteiger partial charge in [-0.15, -0.1) is 0 Å². The van der Waals surface area contributed by atoms with Crippen LogP contribution >= 0.6 is 15.9 Å². The van der Waals surface area contributed by atoms with Crippen molar-refractivity contribution < 1.29 is 4.79 Å². The van der Waals surface area contributed by atoms with Crippen molar-refractivity contribution in [1.82, 2.24) is 10.3 Å². The van der Waals surface area contributed by atoms with Gasteiger partial charge in [0.15, 0.2) is 0 Å². The second kappa shape index (κ2) is 5.17. The Morgan fingerprint density at radius 2 is 2.24 bits per heavy atom. The summed E-state index contributed by atoms with van der Waals surface area (Å²) in [5.41, 5.74) is 0.610. The molecule has 1 aromatic heterocycles. The van der Waals surface area contributed by atoms with Crippen LogP contribution in [0.5, 0.6) is 0 Å². The molecule has 0 radical (unpaired) electrons. The van der Waals surface area contributed by atoms with Crippen LogP contribution in [-0.4, -0.2) is 16.9 Å². The summed E-state index contributed by atoms with van der Waals surface area (Å²) in [7, 11) is 0. The van der Waals surface area contributed by atoms with Crippen molar-refractivity contribution in [2.24, 2.45) is 11.8 Å². The van der Waals surface area contributed by atoms with Gasteiger partial charge in [0.25, 0.3) is 5.91 Å². The van der Waals surface area contributed by atoms with Gasteiger partial charge in [-0.25, -0.2) is 4.98 Å². The predicted molar refractivity (Wildman–Crippen MR) is 70.8 cm³/mol. The van der Waals surface area contributed by atoms with Gasteiger partial charge in [-0.2, -0.15) is 0 Å². The standard InChI is InChI=1S/C13H17BrN2O/c1-8-5-6-11(9(8)2)16-13(17)10-4-3-7-15-12(10)14/h3-4,7-9,11H,5-6H2,1-2H3,(H,16,17). The maximum Gasteiger partial charge on any atom is 0.254 e. The van der Waals surface area contributed by atoms with E-state index in [0.717, 1.165) is 6.42 Å². The van der Waals surface area contributed by atoms with Gasteiger partial charge in [-0.3, -0.25) is 4.79 Å². The molecule has 0 aromatic carbocycles. The van der Waals surface area contributed by atoms with E-state index in [0.29, 0.717) is 28.0 Å². The van der Waals surface area contributed by atoms with Crippen molar-refractivity contribution in [1.29, 1.82) is 0 Å². The smallest absolute Gasteiger partial charge is 0.254 e. The summed E-state index contributed by atoms with van der Waals surface area (Å²) in [6, 6.07) is 3.86. The lowest BCUT2D eigenvalue weighted by Gasteiger charge is -2.19. The van der Waals surface area contributed by atoms with Gasteiger partial charge >= 0.3 is 0 Å². The molecular formula is C13H17BrN2O. The first-order valence-corrected chi connectivity index (χ1v) is 6.80. The van der Waals surface area contributed by atoms with Gasteiger partial charge < -0.3 is 5.32 Å². The molecule has 1 amide bonds. The highest BCUT2D eigenvalue weighted by Crippen LogP contribution is 2.31. The number of carbonyl (C=O) groups excluding carboxylic acids is 1. The second-order valence-electron chi connectivity index (χ2n) is 4.84. The zero-order chi connectivity index (χ0) is 12.4. The van der Waals surface area contributed by atoms with Gasteiger partial charge in [0.05, 0.1) is 5.56 Å². The normalized spacial score (nSPS) is 28.1. The molecule has 3 unspecified atom stereocenters. The van der Waals surface area contributed by atoms with E-state index in [4.69, 9.17) is 0 Å². The zero-order valence-electron chi connectivity index (χ0n) is 10.1. The minimum atomic E-state index is -0.0316. The van der Waals surface area contributed by atoms with Crippen molar-refractivity contribution in [3.63, 3.8) is 0 Å². The number of halogens is 1. The van der Waals surface area contributed by atoms with Crippen molar-refractivity contribution >= 4 is 21.8 Å². The molecule has 92 valence electrons. The summed E-state index contributed by atoms with van der Waals surface area (Å²) in [5.74, 6) is 1.21. The predicted octanol–water partition coefficient (Wildman–Crippen LogP) is 3.01. The van der Waals surface area contributed by atoms with E-state index in [1.165, 1.54) is 6.42 Å². The Morgan fingerprint density at radius 3 is 2.82 bits per heavy atom. The number of hydrogen-bond donors (Lipinski definition) is 1. The van der Waals surface area contributed by atoms with Gasteiger partial charge in [0.1, 0.15) is 4.60 Å². The van der Waals surface area contributed by atoms with Crippen molar-refractivity contribution in [3.05, 3.63) is 28.5 Å². The third-order valence-electron chi connectivity index (χ3n) is 3.79. The minimum Gasteiger partial charge on any atom is -0.349 e. The number of pyridine rings is 1. The van der Waals surface area contributed by atoms with Gasteiger partial charge in [0.2, 0.25) is 0 Å². The monoisotopic (exact) mass is 296 g/mol. The molecule has 3 nitrogen and oxygen atoms in total. The van der Waals surface area contributed by atoms with E-state index in [1.807, 2.05) is 0 Å². The molecule has 0 bridgehead atoms. The summed E-state index contributed by atoms with van der Waals surface area (Å²) >= 11 is 3.30. The fraction of sp³-hybridized carbons (Fsp3) is 0.538. The highest BCUT2D eigenvalue weighted by atomic mass is 79.9. The zero-order valence-corrected chi connectivity index (χ0v) is 11.7. The lowest BCUT2D eigenvalue weighted by molar-refractivity contribution is 0.0926. The number of amides is 1. The molecule has 1 saturated carbocycles. The molecule has 1 heterocycles. The van der Waals surface area contributed by atoms with Crippen LogP contribution in [0.15, 0.2) is 22.9 Å². The summed E-state index contributed by atoms with van der Waals surface area (Å²) < 4.78 is 0.608. The average molecular weight is 297 g/mol. The number of rotatable bonds is 2. The molecule has 0 saturated heterocycles. The van der Waals surface area contributed by atoms with E-state index in [-0.39, 0.29) is 5.91 Å². The van der Waals surface area contributed by atoms with Crippen LogP contribution in [0.25, 0.3) is 0 Å². The Kier molecular flexibility index (Phi) is 3.82. The molecule has 1 aliphatic rings. The third-order valence-corrected chi connectivity index (χ3v) is 4.42. The molecule has 2 rings (SSSR count). The largest absolute Gasteiger partial charge is 0.349 e. The van der Waals surface area contributed by atoms with E-state index < -0.39 is 0 Å². The molecule has 0 spiro atoms. The molecule has 1 aromatic rings. The van der Waals surface area contributed by atoms with Crippen LogP contribution in [0.1, 0.15) is 37.0 Å². The van der Waals surface area contributed by atoms with E-state index in [1.54, 1.807) is 18.3 Å². The Balaban J connectivity index is 2.05. The number of nitrogens with one attached hydrogen (secondary N) is 1. The van der Waals surface area contributed by atoms with E-state index in [9.17, 15) is 4.79 Å². The van der Waals surface area contributed by atoms with Crippen molar-refractivity contribution in [3.8, 4) is 0 Å². The first-order valence-electron chi connectivity index (χ1n) is 6.01. The topological polar surface area (TPSA) is 42.0 Å². The Morgan fingerprint density at radius 1 is 1.47 bits per heavy atom. The van der Waals surface area contributed by atoms with Crippen molar-refractivity contribution in [2.45, 2.75) is 32.7 Å². The highest BCUT2D eigenvalue weighted by molar-refractivity contribution is 9.10. The van der Waals surface area contributed by atoms with Crippen LogP contribution in [0.3, 0.4) is 0 Å². The number of aromatic nitrogens is 1. The summed E-state index contributed by atoms with van der Waals surface area (Å²) in [6.45, 7) is 4.46. The maximum atomic E-state index is 12.1. The number of nitrogens with zero attached hydrogens (tertiary/aromatic N) is 1. The van der Waals surface area contributed by atoms with Crippen LogP contribution in [-0.2, 0) is 0 Å². The fourth-order valence-electron chi connectivity index (χ4n) is 2.37. The van der Waals surface area contributed by atoms with Crippen LogP contribution < -0.4 is 5.32 Å². The van der Waals surface area contributed by atoms with Crippen LogP contribution in [0.4, 0.5) is 0 Å². The molecule has 0 aliphatic heterocycles. The van der Waals surface area contributed by atoms with Crippen LogP contribution in [0, 0.1) is 11.8 Å². The van der Waals surface area contributed by atoms with E-state index in [2.05, 4.69) is 40.1 Å². The summed E-state index contributed by atoms with van der Waals surface area (Å²) in [6.07, 6.45) is 3.94. The Hall–Kier alpha value is -0.900. The van der Waals surface area contributed by atoms with Gasteiger partial charge in [-0.05, 0) is 52.7 Å². The SMILES string of the molecule is CC1CCC(NC(=O)c2cccnc2Br)C1C. The van der Waals surface area contributed by atoms with Crippen LogP contribution in [0.2, 0.25) is 0 Å². The second-order valence-corrected chi connectivity index (χ2v) is 5.59. The maximum absolute atomic E-state index is 12.1. The molecular weight excluding hydrogens is 280 g/mol. The molecule has 4 heteroatoms. The van der Waals surface area contributed by atoms with Gasteiger partial charge in [-0.1, -0.05) is 13.8 Å². The molecule has 1 fully saturated rings. The summed E-state index contributed by atoms with van der Waals surface area (Å²) in [5, 5.41) is 3.11. The number of hydrogen-bond acceptors (Lipinski definition) is 2. The average Bonchev–Trinajstić information content (AvgIpc) is 2.61. The Bertz CT molecular complexity index is 422. The fourth-order valence-corrected chi connectivity index (χ4v) is 2.80. The minimum absolute atomic E-state index is 0.0316. The highest BCUT2D eigenvalue weighted by Gasteiger charge is 2.31. The quantitative estimate of drug-likeness (QED) is 0.853. The molecule has 1 N–H and O–H groups in total. The lowest BCUT2D eigenvalue weighted by Crippen LogP contribution is -2.37. The van der Waals surface area contributed by atoms with E-state index >= 15 is 0 Å². The summed E-state index contributed by atoms with van der Waals surface area (Å²) in [4.78, 5) is 16.2. The molecule has 1 aliphatic carbocycles. The third kappa shape index (κ3) is 2.68. The first-order chi connectivity index (χ1) is 8.09.